The van der Waals surface area contributed by atoms with Gasteiger partial charge in [0.05, 0.1) is 10.7 Å². The smallest absolute Gasteiger partial charge is 0.247 e. The summed E-state index contributed by atoms with van der Waals surface area (Å²) in [5, 5.41) is 6.95. The van der Waals surface area contributed by atoms with Crippen LogP contribution in [0.5, 0.6) is 0 Å². The molecule has 2 aromatic rings. The predicted octanol–water partition coefficient (Wildman–Crippen LogP) is 3.13. The molecule has 2 N–H and O–H groups in total. The molecule has 1 aliphatic carbocycles. The molecule has 1 fully saturated rings. The highest BCUT2D eigenvalue weighted by molar-refractivity contribution is 7.09. The Morgan fingerprint density at radius 3 is 2.95 bits per heavy atom. The van der Waals surface area contributed by atoms with E-state index in [-0.39, 0.29) is 5.56 Å². The van der Waals surface area contributed by atoms with Crippen LogP contribution in [0.15, 0.2) is 28.5 Å². The Morgan fingerprint density at radius 2 is 2.29 bits per heavy atom. The summed E-state index contributed by atoms with van der Waals surface area (Å²) in [4.78, 5) is 18.5. The van der Waals surface area contributed by atoms with E-state index in [9.17, 15) is 4.79 Å². The highest BCUT2D eigenvalue weighted by atomic mass is 32.1. The van der Waals surface area contributed by atoms with Gasteiger partial charge in [0.15, 0.2) is 0 Å². The molecule has 1 aliphatic rings. The molecule has 21 heavy (non-hydrogen) atoms. The van der Waals surface area contributed by atoms with Crippen LogP contribution in [-0.2, 0) is 0 Å². The van der Waals surface area contributed by atoms with Crippen LogP contribution in [0.25, 0.3) is 0 Å². The number of aryl methyl sites for hydroxylation is 1. The lowest BCUT2D eigenvalue weighted by Crippen LogP contribution is -2.29. The first-order valence-corrected chi connectivity index (χ1v) is 8.36. The van der Waals surface area contributed by atoms with Gasteiger partial charge in [-0.05, 0) is 44.6 Å². The van der Waals surface area contributed by atoms with Crippen LogP contribution in [0.4, 0.5) is 0 Å². The second kappa shape index (κ2) is 6.12. The van der Waals surface area contributed by atoms with Crippen molar-refractivity contribution >= 4 is 11.3 Å². The maximum Gasteiger partial charge on any atom is 0.247 e. The summed E-state index contributed by atoms with van der Waals surface area (Å²) in [5.74, 6) is 0.545. The van der Waals surface area contributed by atoms with E-state index in [1.807, 2.05) is 19.2 Å². The molecule has 3 atom stereocenters. The van der Waals surface area contributed by atoms with E-state index in [1.165, 1.54) is 18.4 Å². The Labute approximate surface area is 128 Å². The van der Waals surface area contributed by atoms with E-state index in [2.05, 4.69) is 27.6 Å². The zero-order chi connectivity index (χ0) is 14.8. The molecule has 2 heterocycles. The second-order valence-corrected chi connectivity index (χ2v) is 6.94. The zero-order valence-corrected chi connectivity index (χ0v) is 13.2. The van der Waals surface area contributed by atoms with Crippen LogP contribution in [0, 0.1) is 6.92 Å². The SMILES string of the molecule is Cc1nc([C@@H](C)NC2CC[C@H](c3ccc(=O)[nH]c3)C2)cs1. The number of nitrogens with one attached hydrogen (secondary N) is 2. The lowest BCUT2D eigenvalue weighted by atomic mass is 9.99. The molecule has 0 amide bonds. The van der Waals surface area contributed by atoms with Gasteiger partial charge in [0.25, 0.3) is 0 Å². The second-order valence-electron chi connectivity index (χ2n) is 5.87. The maximum atomic E-state index is 11.1. The number of rotatable bonds is 4. The molecule has 0 bridgehead atoms. The Balaban J connectivity index is 1.59. The maximum absolute atomic E-state index is 11.1. The first-order chi connectivity index (χ1) is 10.1. The van der Waals surface area contributed by atoms with Gasteiger partial charge in [-0.15, -0.1) is 11.3 Å². The summed E-state index contributed by atoms with van der Waals surface area (Å²) in [5.41, 5.74) is 2.36. The summed E-state index contributed by atoms with van der Waals surface area (Å²) in [6, 6.07) is 4.41. The molecule has 1 unspecified atom stereocenters. The number of H-pyrrole nitrogens is 1. The fourth-order valence-electron chi connectivity index (χ4n) is 3.13. The molecule has 0 aliphatic heterocycles. The summed E-state index contributed by atoms with van der Waals surface area (Å²) in [6.07, 6.45) is 5.34. The highest BCUT2D eigenvalue weighted by Crippen LogP contribution is 2.34. The summed E-state index contributed by atoms with van der Waals surface area (Å²) >= 11 is 1.70. The van der Waals surface area contributed by atoms with Crippen molar-refractivity contribution in [3.63, 3.8) is 0 Å². The number of aromatic nitrogens is 2. The first-order valence-electron chi connectivity index (χ1n) is 7.48. The van der Waals surface area contributed by atoms with Gasteiger partial charge in [0, 0.05) is 29.7 Å². The number of hydrogen-bond donors (Lipinski definition) is 2. The predicted molar refractivity (Wildman–Crippen MR) is 85.8 cm³/mol. The van der Waals surface area contributed by atoms with Crippen molar-refractivity contribution in [2.45, 2.75) is 51.1 Å². The van der Waals surface area contributed by atoms with Crippen LogP contribution in [0.1, 0.15) is 54.4 Å². The van der Waals surface area contributed by atoms with E-state index < -0.39 is 0 Å². The quantitative estimate of drug-likeness (QED) is 0.912. The molecule has 112 valence electrons. The number of hydrogen-bond acceptors (Lipinski definition) is 4. The average Bonchev–Trinajstić information content (AvgIpc) is 3.09. The summed E-state index contributed by atoms with van der Waals surface area (Å²) in [6.45, 7) is 4.23. The number of aromatic amines is 1. The lowest BCUT2D eigenvalue weighted by molar-refractivity contribution is 0.452. The van der Waals surface area contributed by atoms with Crippen molar-refractivity contribution in [1.82, 2.24) is 15.3 Å². The van der Waals surface area contributed by atoms with Crippen LogP contribution >= 0.6 is 11.3 Å². The molecule has 4 nitrogen and oxygen atoms in total. The van der Waals surface area contributed by atoms with Crippen LogP contribution in [-0.4, -0.2) is 16.0 Å². The largest absolute Gasteiger partial charge is 0.329 e. The zero-order valence-electron chi connectivity index (χ0n) is 12.4. The Bertz CT molecular complexity index is 643. The monoisotopic (exact) mass is 303 g/mol. The third-order valence-corrected chi connectivity index (χ3v) is 5.07. The molecule has 5 heteroatoms. The van der Waals surface area contributed by atoms with Crippen molar-refractivity contribution in [2.24, 2.45) is 0 Å². The van der Waals surface area contributed by atoms with Gasteiger partial charge in [0.2, 0.25) is 5.56 Å². The van der Waals surface area contributed by atoms with Crippen LogP contribution in [0.3, 0.4) is 0 Å². The molecular weight excluding hydrogens is 282 g/mol. The van der Waals surface area contributed by atoms with Crippen molar-refractivity contribution in [1.29, 1.82) is 0 Å². The van der Waals surface area contributed by atoms with Gasteiger partial charge in [-0.1, -0.05) is 6.07 Å². The van der Waals surface area contributed by atoms with Gasteiger partial charge in [-0.25, -0.2) is 4.98 Å². The topological polar surface area (TPSA) is 57.8 Å². The average molecular weight is 303 g/mol. The molecule has 3 rings (SSSR count). The lowest BCUT2D eigenvalue weighted by Gasteiger charge is -2.18. The van der Waals surface area contributed by atoms with E-state index in [1.54, 1.807) is 17.4 Å². The van der Waals surface area contributed by atoms with E-state index in [4.69, 9.17) is 0 Å². The van der Waals surface area contributed by atoms with Gasteiger partial charge in [-0.3, -0.25) is 4.79 Å². The third-order valence-electron chi connectivity index (χ3n) is 4.28. The minimum absolute atomic E-state index is 0.0288. The standard InChI is InChI=1S/C16H21N3OS/c1-10(15-9-21-11(2)19-15)18-14-5-3-12(7-14)13-4-6-16(20)17-8-13/h4,6,8-10,12,14,18H,3,5,7H2,1-2H3,(H,17,20)/t10-,12+,14?/m1/s1. The number of thiazole rings is 1. The molecule has 0 spiro atoms. The van der Waals surface area contributed by atoms with Crippen LogP contribution in [0.2, 0.25) is 0 Å². The summed E-state index contributed by atoms with van der Waals surface area (Å²) in [7, 11) is 0. The first kappa shape index (κ1) is 14.5. The normalized spacial score (nSPS) is 23.3. The van der Waals surface area contributed by atoms with E-state index >= 15 is 0 Å². The van der Waals surface area contributed by atoms with Crippen molar-refractivity contribution < 1.29 is 0 Å². The molecule has 0 saturated heterocycles. The Kier molecular flexibility index (Phi) is 4.22. The Hall–Kier alpha value is -1.46. The van der Waals surface area contributed by atoms with Gasteiger partial charge >= 0.3 is 0 Å². The van der Waals surface area contributed by atoms with Crippen molar-refractivity contribution in [3.05, 3.63) is 50.3 Å². The third kappa shape index (κ3) is 3.41. The number of nitrogens with zero attached hydrogens (tertiary/aromatic N) is 1. The molecule has 1 saturated carbocycles. The molecule has 0 radical (unpaired) electrons. The molecular formula is C16H21N3OS. The fraction of sp³-hybridized carbons (Fsp3) is 0.500. The van der Waals surface area contributed by atoms with Crippen LogP contribution < -0.4 is 10.9 Å². The van der Waals surface area contributed by atoms with Gasteiger partial charge in [0.1, 0.15) is 0 Å². The minimum Gasteiger partial charge on any atom is -0.329 e. The van der Waals surface area contributed by atoms with Gasteiger partial charge in [-0.2, -0.15) is 0 Å². The Morgan fingerprint density at radius 1 is 1.43 bits per heavy atom. The molecule has 2 aromatic heterocycles. The van der Waals surface area contributed by atoms with Crippen molar-refractivity contribution in [2.75, 3.05) is 0 Å². The van der Waals surface area contributed by atoms with Crippen molar-refractivity contribution in [3.8, 4) is 0 Å². The summed E-state index contributed by atoms with van der Waals surface area (Å²) < 4.78 is 0. The van der Waals surface area contributed by atoms with Gasteiger partial charge < -0.3 is 10.3 Å². The fourth-order valence-corrected chi connectivity index (χ4v) is 3.84. The number of pyridine rings is 1. The minimum atomic E-state index is -0.0288. The molecule has 0 aromatic carbocycles. The van der Waals surface area contributed by atoms with E-state index in [0.29, 0.717) is 18.0 Å². The van der Waals surface area contributed by atoms with E-state index in [0.717, 1.165) is 17.1 Å². The highest BCUT2D eigenvalue weighted by Gasteiger charge is 2.27.